The molecule has 0 unspecified atom stereocenters. The second kappa shape index (κ2) is 6.03. The first-order valence-corrected chi connectivity index (χ1v) is 6.54. The van der Waals surface area contributed by atoms with Gasteiger partial charge in [-0.3, -0.25) is 9.69 Å². The smallest absolute Gasteiger partial charge is 0.235 e. The Morgan fingerprint density at radius 3 is 2.30 bits per heavy atom. The summed E-state index contributed by atoms with van der Waals surface area (Å²) in [5.74, 6) is -0.328. The zero-order chi connectivity index (χ0) is 14.6. The topological polar surface area (TPSA) is 41.6 Å². The van der Waals surface area contributed by atoms with Gasteiger partial charge in [0.1, 0.15) is 0 Å². The molecule has 4 heteroatoms. The molecule has 0 aromatic heterocycles. The number of amides is 1. The molecule has 1 aromatic carbocycles. The molecule has 2 rings (SSSR count). The van der Waals surface area contributed by atoms with E-state index in [0.717, 1.165) is 5.69 Å². The highest BCUT2D eigenvalue weighted by molar-refractivity contribution is 5.95. The zero-order valence-corrected chi connectivity index (χ0v) is 12.0. The van der Waals surface area contributed by atoms with Gasteiger partial charge in [-0.2, -0.15) is 0 Å². The largest absolute Gasteiger partial charge is 0.356 e. The highest BCUT2D eigenvalue weighted by atomic mass is 16.5. The molecule has 20 heavy (non-hydrogen) atoms. The van der Waals surface area contributed by atoms with Gasteiger partial charge in [0.2, 0.25) is 5.91 Å². The Labute approximate surface area is 119 Å². The molecule has 1 amide bonds. The molecule has 0 saturated heterocycles. The van der Waals surface area contributed by atoms with Gasteiger partial charge in [-0.1, -0.05) is 30.4 Å². The van der Waals surface area contributed by atoms with Crippen molar-refractivity contribution in [3.63, 3.8) is 0 Å². The highest BCUT2D eigenvalue weighted by Crippen LogP contribution is 2.24. The number of benzene rings is 1. The second-order valence-electron chi connectivity index (χ2n) is 4.95. The fourth-order valence-electron chi connectivity index (χ4n) is 2.14. The molecule has 4 nitrogen and oxygen atoms in total. The maximum atomic E-state index is 12.2. The highest BCUT2D eigenvalue weighted by Gasteiger charge is 2.30. The normalized spacial score (nSPS) is 24.9. The molecule has 0 saturated carbocycles. The van der Waals surface area contributed by atoms with Crippen LogP contribution in [0.5, 0.6) is 0 Å². The summed E-state index contributed by atoms with van der Waals surface area (Å²) in [6.07, 6.45) is 7.54. The van der Waals surface area contributed by atoms with Crippen LogP contribution in [-0.2, 0) is 9.53 Å². The third kappa shape index (κ3) is 2.98. The minimum Gasteiger partial charge on any atom is -0.356 e. The lowest BCUT2D eigenvalue weighted by Crippen LogP contribution is -2.44. The summed E-state index contributed by atoms with van der Waals surface area (Å²) in [7, 11) is 5.52. The van der Waals surface area contributed by atoms with E-state index < -0.39 is 5.72 Å². The summed E-state index contributed by atoms with van der Waals surface area (Å²) in [5.41, 5.74) is 0.235. The maximum Gasteiger partial charge on any atom is 0.235 e. The quantitative estimate of drug-likeness (QED) is 0.675. The molecule has 0 fully saturated rings. The minimum absolute atomic E-state index is 0.0489. The van der Waals surface area contributed by atoms with Gasteiger partial charge in [-0.15, -0.1) is 0 Å². The Morgan fingerprint density at radius 2 is 1.80 bits per heavy atom. The van der Waals surface area contributed by atoms with Crippen molar-refractivity contribution in [3.05, 3.63) is 54.6 Å². The molecule has 1 aromatic rings. The molecule has 106 valence electrons. The lowest BCUT2D eigenvalue weighted by atomic mass is 9.96. The molecular weight excluding hydrogens is 252 g/mol. The van der Waals surface area contributed by atoms with E-state index in [1.807, 2.05) is 73.6 Å². The van der Waals surface area contributed by atoms with Gasteiger partial charge in [0.25, 0.3) is 0 Å². The number of nitrogens with zero attached hydrogens (tertiary/aromatic N) is 1. The van der Waals surface area contributed by atoms with Crippen molar-refractivity contribution >= 4 is 11.6 Å². The number of methoxy groups -OCH3 is 1. The van der Waals surface area contributed by atoms with Crippen LogP contribution in [0.3, 0.4) is 0 Å². The van der Waals surface area contributed by atoms with Crippen molar-refractivity contribution in [2.75, 3.05) is 26.5 Å². The summed E-state index contributed by atoms with van der Waals surface area (Å²) >= 11 is 0. The van der Waals surface area contributed by atoms with Crippen LogP contribution in [0.15, 0.2) is 54.6 Å². The molecule has 0 radical (unpaired) electrons. The van der Waals surface area contributed by atoms with E-state index in [1.54, 1.807) is 7.11 Å². The Bertz CT molecular complexity index is 507. The first kappa shape index (κ1) is 14.5. The van der Waals surface area contributed by atoms with Gasteiger partial charge in [0, 0.05) is 12.8 Å². The molecule has 0 bridgehead atoms. The summed E-state index contributed by atoms with van der Waals surface area (Å²) in [4.78, 5) is 14.1. The van der Waals surface area contributed by atoms with Crippen LogP contribution in [0.25, 0.3) is 0 Å². The summed E-state index contributed by atoms with van der Waals surface area (Å²) in [6, 6.07) is 9.44. The van der Waals surface area contributed by atoms with Gasteiger partial charge < -0.3 is 10.1 Å². The summed E-state index contributed by atoms with van der Waals surface area (Å²) in [6.45, 7) is 0. The van der Waals surface area contributed by atoms with E-state index in [-0.39, 0.29) is 11.8 Å². The molecule has 1 N–H and O–H groups in total. The van der Waals surface area contributed by atoms with E-state index in [4.69, 9.17) is 4.74 Å². The van der Waals surface area contributed by atoms with Crippen LogP contribution in [-0.4, -0.2) is 37.7 Å². The van der Waals surface area contributed by atoms with E-state index in [2.05, 4.69) is 5.32 Å². The zero-order valence-electron chi connectivity index (χ0n) is 12.0. The average Bonchev–Trinajstić information content (AvgIpc) is 2.48. The number of rotatable bonds is 4. The number of nitrogens with one attached hydrogen (secondary N) is 1. The first-order valence-electron chi connectivity index (χ1n) is 6.54. The van der Waals surface area contributed by atoms with Crippen LogP contribution in [0.2, 0.25) is 0 Å². The molecule has 1 aliphatic carbocycles. The van der Waals surface area contributed by atoms with Gasteiger partial charge in [-0.25, -0.2) is 0 Å². The third-order valence-electron chi connectivity index (χ3n) is 3.45. The van der Waals surface area contributed by atoms with E-state index >= 15 is 0 Å². The predicted molar refractivity (Wildman–Crippen MR) is 80.3 cm³/mol. The number of carbonyl (C=O) groups excluding carboxylic acids is 1. The lowest BCUT2D eigenvalue weighted by Gasteiger charge is -2.35. The van der Waals surface area contributed by atoms with Crippen molar-refractivity contribution < 1.29 is 9.53 Å². The fraction of sp³-hybridized carbons (Fsp3) is 0.312. The standard InChI is InChI=1S/C16H20N2O2/c1-18(2)16(20-3)11-9-13(10-12-16)15(19)17-14-7-5-4-6-8-14/h4-13H,1-3H3,(H,17,19). The van der Waals surface area contributed by atoms with Crippen molar-refractivity contribution in [2.24, 2.45) is 5.92 Å². The SMILES string of the molecule is COC1(N(C)C)C=CC(C(=O)Nc2ccccc2)C=C1. The Morgan fingerprint density at radius 1 is 1.20 bits per heavy atom. The number of hydrogen-bond donors (Lipinski definition) is 1. The van der Waals surface area contributed by atoms with E-state index in [9.17, 15) is 4.79 Å². The Kier molecular flexibility index (Phi) is 4.37. The van der Waals surface area contributed by atoms with Gasteiger partial charge in [0.05, 0.1) is 5.92 Å². The van der Waals surface area contributed by atoms with Gasteiger partial charge >= 0.3 is 0 Å². The monoisotopic (exact) mass is 272 g/mol. The molecule has 1 aliphatic rings. The second-order valence-corrected chi connectivity index (χ2v) is 4.95. The van der Waals surface area contributed by atoms with Crippen LogP contribution in [0.1, 0.15) is 0 Å². The van der Waals surface area contributed by atoms with Crippen molar-refractivity contribution in [1.82, 2.24) is 4.90 Å². The van der Waals surface area contributed by atoms with Crippen LogP contribution < -0.4 is 5.32 Å². The molecule has 0 aliphatic heterocycles. The molecule has 0 atom stereocenters. The van der Waals surface area contributed by atoms with Crippen molar-refractivity contribution in [1.29, 1.82) is 0 Å². The number of carbonyl (C=O) groups is 1. The number of anilines is 1. The van der Waals surface area contributed by atoms with Crippen molar-refractivity contribution in [3.8, 4) is 0 Å². The number of ether oxygens (including phenoxy) is 1. The minimum atomic E-state index is -0.566. The van der Waals surface area contributed by atoms with E-state index in [0.29, 0.717) is 0 Å². The maximum absolute atomic E-state index is 12.2. The molecular formula is C16H20N2O2. The Hall–Kier alpha value is -1.91. The van der Waals surface area contributed by atoms with E-state index in [1.165, 1.54) is 0 Å². The summed E-state index contributed by atoms with van der Waals surface area (Å²) < 4.78 is 5.51. The average molecular weight is 272 g/mol. The van der Waals surface area contributed by atoms with Crippen LogP contribution >= 0.6 is 0 Å². The van der Waals surface area contributed by atoms with Crippen molar-refractivity contribution in [2.45, 2.75) is 5.72 Å². The number of likely N-dealkylation sites (N-methyl/N-ethyl adjacent to an activating group) is 1. The summed E-state index contributed by atoms with van der Waals surface area (Å²) in [5, 5.41) is 2.89. The van der Waals surface area contributed by atoms with Crippen LogP contribution in [0, 0.1) is 5.92 Å². The predicted octanol–water partition coefficient (Wildman–Crippen LogP) is 2.27. The molecule has 0 heterocycles. The fourth-order valence-corrected chi connectivity index (χ4v) is 2.14. The number of para-hydroxylation sites is 1. The lowest BCUT2D eigenvalue weighted by molar-refractivity contribution is -0.117. The van der Waals surface area contributed by atoms with Gasteiger partial charge in [0.15, 0.2) is 5.72 Å². The first-order chi connectivity index (χ1) is 9.57. The third-order valence-corrected chi connectivity index (χ3v) is 3.45. The molecule has 0 spiro atoms. The van der Waals surface area contributed by atoms with Gasteiger partial charge in [-0.05, 0) is 38.4 Å². The number of hydrogen-bond acceptors (Lipinski definition) is 3. The van der Waals surface area contributed by atoms with Crippen LogP contribution in [0.4, 0.5) is 5.69 Å². The Balaban J connectivity index is 2.05.